The van der Waals surface area contributed by atoms with Crippen LogP contribution in [0.3, 0.4) is 0 Å². The van der Waals surface area contributed by atoms with E-state index in [-0.39, 0.29) is 28.3 Å². The number of amides is 1. The number of nitrogens with one attached hydrogen (secondary N) is 1. The number of rotatable bonds is 4. The molecular formula is C20H23N5O3. The second-order valence-corrected chi connectivity index (χ2v) is 7.01. The molecule has 0 aliphatic rings. The van der Waals surface area contributed by atoms with E-state index in [0.717, 1.165) is 10.1 Å². The first kappa shape index (κ1) is 19.3. The van der Waals surface area contributed by atoms with E-state index in [1.165, 1.54) is 18.7 Å². The molecule has 0 aliphatic carbocycles. The van der Waals surface area contributed by atoms with Crippen LogP contribution in [0.2, 0.25) is 0 Å². The maximum absolute atomic E-state index is 12.9. The molecule has 3 rings (SSSR count). The Morgan fingerprint density at radius 3 is 2.39 bits per heavy atom. The smallest absolute Gasteiger partial charge is 0.332 e. The lowest BCUT2D eigenvalue weighted by Crippen LogP contribution is -2.38. The van der Waals surface area contributed by atoms with Crippen LogP contribution in [-0.4, -0.2) is 20.0 Å². The Morgan fingerprint density at radius 1 is 1.14 bits per heavy atom. The van der Waals surface area contributed by atoms with E-state index < -0.39 is 17.2 Å². The third kappa shape index (κ3) is 3.17. The van der Waals surface area contributed by atoms with Crippen molar-refractivity contribution in [2.45, 2.75) is 26.3 Å². The Bertz CT molecular complexity index is 1180. The zero-order chi connectivity index (χ0) is 20.6. The van der Waals surface area contributed by atoms with Gasteiger partial charge in [-0.3, -0.25) is 18.7 Å². The topological polar surface area (TPSA) is 112 Å². The Morgan fingerprint density at radius 2 is 1.79 bits per heavy atom. The van der Waals surface area contributed by atoms with Crippen molar-refractivity contribution < 1.29 is 4.79 Å². The highest BCUT2D eigenvalue weighted by molar-refractivity contribution is 6.04. The van der Waals surface area contributed by atoms with Gasteiger partial charge in [-0.05, 0) is 17.0 Å². The van der Waals surface area contributed by atoms with E-state index in [9.17, 15) is 14.4 Å². The second kappa shape index (κ2) is 7.30. The Labute approximate surface area is 161 Å². The molecule has 0 aliphatic heterocycles. The fraction of sp³-hybridized carbons (Fsp3) is 0.300. The maximum atomic E-state index is 12.9. The monoisotopic (exact) mass is 381 g/mol. The number of nitrogens with zero attached hydrogens (tertiary/aromatic N) is 3. The van der Waals surface area contributed by atoms with Crippen molar-refractivity contribution >= 4 is 22.8 Å². The molecule has 28 heavy (non-hydrogen) atoms. The van der Waals surface area contributed by atoms with E-state index in [2.05, 4.69) is 10.3 Å². The van der Waals surface area contributed by atoms with E-state index in [0.29, 0.717) is 12.1 Å². The summed E-state index contributed by atoms with van der Waals surface area (Å²) in [4.78, 5) is 42.2. The first-order chi connectivity index (χ1) is 13.2. The molecular weight excluding hydrogens is 358 g/mol. The van der Waals surface area contributed by atoms with Gasteiger partial charge in [0.15, 0.2) is 5.65 Å². The summed E-state index contributed by atoms with van der Waals surface area (Å²) in [6, 6.07) is 9.47. The normalized spacial score (nSPS) is 11.2. The fourth-order valence-electron chi connectivity index (χ4n) is 3.32. The quantitative estimate of drug-likeness (QED) is 0.707. The summed E-state index contributed by atoms with van der Waals surface area (Å²) in [6.45, 7) is 4.06. The number of carbonyl (C=O) groups excluding carboxylic acids is 1. The lowest BCUT2D eigenvalue weighted by molar-refractivity contribution is 0.0950. The number of nitrogens with two attached hydrogens (primary N) is 1. The SMILES string of the molecule is CC(C)c1c(C(=O)NCc2ccccc2)c(N)nc2c1c(=O)n(C)c(=O)n2C. The molecule has 0 bridgehead atoms. The number of nitrogen functional groups attached to an aromatic ring is 1. The average molecular weight is 381 g/mol. The summed E-state index contributed by atoms with van der Waals surface area (Å²) in [6.07, 6.45) is 0. The molecule has 0 fully saturated rings. The van der Waals surface area contributed by atoms with Gasteiger partial charge in [0.1, 0.15) is 5.82 Å². The number of hydrogen-bond donors (Lipinski definition) is 2. The Balaban J connectivity index is 2.21. The van der Waals surface area contributed by atoms with Crippen molar-refractivity contribution in [1.82, 2.24) is 19.4 Å². The lowest BCUT2D eigenvalue weighted by Gasteiger charge is -2.18. The van der Waals surface area contributed by atoms with Crippen LogP contribution in [-0.2, 0) is 20.6 Å². The van der Waals surface area contributed by atoms with Crippen molar-refractivity contribution in [3.8, 4) is 0 Å². The van der Waals surface area contributed by atoms with E-state index in [4.69, 9.17) is 5.73 Å². The van der Waals surface area contributed by atoms with Crippen LogP contribution in [0, 0.1) is 0 Å². The first-order valence-corrected chi connectivity index (χ1v) is 8.95. The zero-order valence-corrected chi connectivity index (χ0v) is 16.3. The molecule has 0 unspecified atom stereocenters. The second-order valence-electron chi connectivity index (χ2n) is 7.01. The summed E-state index contributed by atoms with van der Waals surface area (Å²) < 4.78 is 2.28. The third-order valence-corrected chi connectivity index (χ3v) is 4.76. The van der Waals surface area contributed by atoms with Crippen molar-refractivity contribution in [2.75, 3.05) is 5.73 Å². The van der Waals surface area contributed by atoms with Crippen molar-refractivity contribution in [2.24, 2.45) is 14.1 Å². The predicted molar refractivity (Wildman–Crippen MR) is 108 cm³/mol. The van der Waals surface area contributed by atoms with Gasteiger partial charge in [-0.15, -0.1) is 0 Å². The number of carbonyl (C=O) groups is 1. The van der Waals surface area contributed by atoms with E-state index >= 15 is 0 Å². The number of aryl methyl sites for hydroxylation is 1. The minimum Gasteiger partial charge on any atom is -0.383 e. The number of aromatic nitrogens is 3. The molecule has 0 atom stereocenters. The summed E-state index contributed by atoms with van der Waals surface area (Å²) in [5.74, 6) is -0.601. The highest BCUT2D eigenvalue weighted by Crippen LogP contribution is 2.28. The molecule has 0 saturated carbocycles. The van der Waals surface area contributed by atoms with Gasteiger partial charge in [0.2, 0.25) is 0 Å². The Hall–Kier alpha value is -3.42. The number of anilines is 1. The van der Waals surface area contributed by atoms with Crippen molar-refractivity contribution in [1.29, 1.82) is 0 Å². The zero-order valence-electron chi connectivity index (χ0n) is 16.3. The number of pyridine rings is 1. The van der Waals surface area contributed by atoms with Gasteiger partial charge in [-0.2, -0.15) is 0 Å². The maximum Gasteiger partial charge on any atom is 0.332 e. The van der Waals surface area contributed by atoms with Crippen LogP contribution in [0.4, 0.5) is 5.82 Å². The molecule has 1 amide bonds. The first-order valence-electron chi connectivity index (χ1n) is 8.95. The predicted octanol–water partition coefficient (Wildman–Crippen LogP) is 1.27. The van der Waals surface area contributed by atoms with Crippen LogP contribution < -0.4 is 22.3 Å². The molecule has 146 valence electrons. The van der Waals surface area contributed by atoms with Crippen LogP contribution >= 0.6 is 0 Å². The van der Waals surface area contributed by atoms with Gasteiger partial charge in [0.25, 0.3) is 11.5 Å². The largest absolute Gasteiger partial charge is 0.383 e. The molecule has 0 radical (unpaired) electrons. The molecule has 8 nitrogen and oxygen atoms in total. The van der Waals surface area contributed by atoms with Crippen LogP contribution in [0.25, 0.3) is 11.0 Å². The molecule has 3 N–H and O–H groups in total. The van der Waals surface area contributed by atoms with Crippen LogP contribution in [0.1, 0.15) is 41.3 Å². The molecule has 3 aromatic rings. The van der Waals surface area contributed by atoms with Crippen LogP contribution in [0.5, 0.6) is 0 Å². The molecule has 0 spiro atoms. The van der Waals surface area contributed by atoms with Gasteiger partial charge in [-0.25, -0.2) is 9.78 Å². The number of fused-ring (bicyclic) bond motifs is 1. The van der Waals surface area contributed by atoms with Crippen molar-refractivity contribution in [3.05, 3.63) is 67.9 Å². The molecule has 0 saturated heterocycles. The highest BCUT2D eigenvalue weighted by Gasteiger charge is 2.25. The van der Waals surface area contributed by atoms with E-state index in [1.807, 2.05) is 44.2 Å². The molecule has 8 heteroatoms. The number of hydrogen-bond acceptors (Lipinski definition) is 5. The summed E-state index contributed by atoms with van der Waals surface area (Å²) >= 11 is 0. The molecule has 1 aromatic carbocycles. The highest BCUT2D eigenvalue weighted by atomic mass is 16.2. The summed E-state index contributed by atoms with van der Waals surface area (Å²) in [5.41, 5.74) is 6.89. The Kier molecular flexibility index (Phi) is 5.04. The molecule has 2 heterocycles. The van der Waals surface area contributed by atoms with Crippen LogP contribution in [0.15, 0.2) is 39.9 Å². The standard InChI is InChI=1S/C20H23N5O3/c1-11(2)13-14(18(26)22-10-12-8-6-5-7-9-12)16(21)23-17-15(13)19(27)25(4)20(28)24(17)3/h5-9,11H,10H2,1-4H3,(H2,21,23)(H,22,26). The van der Waals surface area contributed by atoms with Gasteiger partial charge >= 0.3 is 5.69 Å². The minimum atomic E-state index is -0.500. The lowest BCUT2D eigenvalue weighted by atomic mass is 9.94. The summed E-state index contributed by atoms with van der Waals surface area (Å²) in [5, 5.41) is 3.07. The van der Waals surface area contributed by atoms with Gasteiger partial charge < -0.3 is 11.1 Å². The number of benzene rings is 1. The molecule has 2 aromatic heterocycles. The average Bonchev–Trinajstić information content (AvgIpc) is 2.68. The summed E-state index contributed by atoms with van der Waals surface area (Å²) in [7, 11) is 2.93. The van der Waals surface area contributed by atoms with E-state index in [1.54, 1.807) is 0 Å². The fourth-order valence-corrected chi connectivity index (χ4v) is 3.32. The van der Waals surface area contributed by atoms with Crippen molar-refractivity contribution in [3.63, 3.8) is 0 Å². The van der Waals surface area contributed by atoms with Gasteiger partial charge in [0.05, 0.1) is 10.9 Å². The van der Waals surface area contributed by atoms with Gasteiger partial charge in [-0.1, -0.05) is 44.2 Å². The third-order valence-electron chi connectivity index (χ3n) is 4.76. The minimum absolute atomic E-state index is 0.00925. The van der Waals surface area contributed by atoms with Gasteiger partial charge in [0, 0.05) is 20.6 Å².